The van der Waals surface area contributed by atoms with E-state index in [0.29, 0.717) is 6.54 Å². The predicted molar refractivity (Wildman–Crippen MR) is 67.6 cm³/mol. The van der Waals surface area contributed by atoms with Crippen molar-refractivity contribution in [3.8, 4) is 0 Å². The minimum Gasteiger partial charge on any atom is -0.305 e. The maximum Gasteiger partial charge on any atom is 0.355 e. The first-order valence-corrected chi connectivity index (χ1v) is 5.70. The third-order valence-electron chi connectivity index (χ3n) is 2.48. The Labute approximate surface area is 103 Å². The third kappa shape index (κ3) is 6.88. The van der Waals surface area contributed by atoms with Crippen LogP contribution in [0.3, 0.4) is 0 Å². The summed E-state index contributed by atoms with van der Waals surface area (Å²) in [5, 5.41) is 11.0. The van der Waals surface area contributed by atoms with E-state index in [1.807, 2.05) is 12.2 Å². The lowest BCUT2D eigenvalue weighted by atomic mass is 10.1. The van der Waals surface area contributed by atoms with E-state index >= 15 is 0 Å². The number of nitrogens with one attached hydrogen (secondary N) is 1. The molecule has 0 fully saturated rings. The first-order valence-electron chi connectivity index (χ1n) is 5.70. The SMILES string of the molecule is C=CCC(CNCC(=O)OO)N(CC)CC=C. The van der Waals surface area contributed by atoms with Crippen LogP contribution in [0, 0.1) is 0 Å². The van der Waals surface area contributed by atoms with E-state index in [0.717, 1.165) is 19.5 Å². The number of carbonyl (C=O) groups excluding carboxylic acids is 1. The first-order chi connectivity index (χ1) is 8.19. The number of nitrogens with zero attached hydrogens (tertiary/aromatic N) is 1. The molecule has 5 nitrogen and oxygen atoms in total. The van der Waals surface area contributed by atoms with Crippen LogP contribution in [-0.4, -0.2) is 48.3 Å². The standard InChI is InChI=1S/C12H22N2O3/c1-4-7-11(14(6-3)8-5-2)9-13-10-12(15)17-16/h4-5,11,13,16H,1-2,6-10H2,3H3. The lowest BCUT2D eigenvalue weighted by molar-refractivity contribution is -0.233. The summed E-state index contributed by atoms with van der Waals surface area (Å²) >= 11 is 0. The molecule has 0 amide bonds. The van der Waals surface area contributed by atoms with Crippen LogP contribution in [0.5, 0.6) is 0 Å². The predicted octanol–water partition coefficient (Wildman–Crippen LogP) is 1.04. The number of rotatable bonds is 10. The molecule has 1 unspecified atom stereocenters. The fourth-order valence-corrected chi connectivity index (χ4v) is 1.63. The Kier molecular flexibility index (Phi) is 9.33. The highest BCUT2D eigenvalue weighted by atomic mass is 17.1. The quantitative estimate of drug-likeness (QED) is 0.340. The average Bonchev–Trinajstić information content (AvgIpc) is 2.34. The minimum atomic E-state index is -0.686. The molecule has 98 valence electrons. The van der Waals surface area contributed by atoms with Gasteiger partial charge in [-0.15, -0.1) is 13.2 Å². The molecule has 5 heteroatoms. The summed E-state index contributed by atoms with van der Waals surface area (Å²) in [4.78, 5) is 16.5. The molecule has 0 aliphatic heterocycles. The summed E-state index contributed by atoms with van der Waals surface area (Å²) in [6.45, 7) is 11.8. The molecule has 0 aliphatic rings. The molecule has 17 heavy (non-hydrogen) atoms. The second-order valence-electron chi connectivity index (χ2n) is 3.65. The van der Waals surface area contributed by atoms with Crippen molar-refractivity contribution in [2.45, 2.75) is 19.4 Å². The highest BCUT2D eigenvalue weighted by molar-refractivity contribution is 5.70. The molecule has 0 saturated carbocycles. The van der Waals surface area contributed by atoms with Gasteiger partial charge < -0.3 is 5.32 Å². The summed E-state index contributed by atoms with van der Waals surface area (Å²) in [7, 11) is 0. The van der Waals surface area contributed by atoms with Gasteiger partial charge >= 0.3 is 5.97 Å². The Morgan fingerprint density at radius 2 is 2.24 bits per heavy atom. The minimum absolute atomic E-state index is 0.00418. The molecule has 1 atom stereocenters. The van der Waals surface area contributed by atoms with Crippen LogP contribution in [0.2, 0.25) is 0 Å². The average molecular weight is 242 g/mol. The fraction of sp³-hybridized carbons (Fsp3) is 0.583. The molecule has 0 heterocycles. The molecule has 0 aromatic heterocycles. The molecule has 0 radical (unpaired) electrons. The van der Waals surface area contributed by atoms with E-state index in [1.54, 1.807) is 0 Å². The largest absolute Gasteiger partial charge is 0.355 e. The van der Waals surface area contributed by atoms with E-state index in [4.69, 9.17) is 5.26 Å². The Bertz CT molecular complexity index is 244. The Balaban J connectivity index is 4.15. The molecule has 0 bridgehead atoms. The number of hydrogen-bond donors (Lipinski definition) is 2. The number of hydrogen-bond acceptors (Lipinski definition) is 5. The van der Waals surface area contributed by atoms with Gasteiger partial charge in [0.05, 0.1) is 6.54 Å². The van der Waals surface area contributed by atoms with E-state index in [9.17, 15) is 4.79 Å². The number of carbonyl (C=O) groups is 1. The van der Waals surface area contributed by atoms with Crippen molar-refractivity contribution < 1.29 is 14.9 Å². The van der Waals surface area contributed by atoms with Crippen molar-refractivity contribution in [1.82, 2.24) is 10.2 Å². The van der Waals surface area contributed by atoms with Crippen molar-refractivity contribution in [3.63, 3.8) is 0 Å². The summed E-state index contributed by atoms with van der Waals surface area (Å²) in [5.41, 5.74) is 0. The maximum atomic E-state index is 10.7. The zero-order valence-electron chi connectivity index (χ0n) is 10.4. The van der Waals surface area contributed by atoms with Crippen LogP contribution < -0.4 is 5.32 Å². The Morgan fingerprint density at radius 1 is 1.53 bits per heavy atom. The van der Waals surface area contributed by atoms with Crippen molar-refractivity contribution in [2.75, 3.05) is 26.2 Å². The third-order valence-corrected chi connectivity index (χ3v) is 2.48. The van der Waals surface area contributed by atoms with Crippen LogP contribution in [0.15, 0.2) is 25.3 Å². The molecular formula is C12H22N2O3. The topological polar surface area (TPSA) is 61.8 Å². The highest BCUT2D eigenvalue weighted by Crippen LogP contribution is 2.04. The van der Waals surface area contributed by atoms with Crippen molar-refractivity contribution in [3.05, 3.63) is 25.3 Å². The molecule has 2 N–H and O–H groups in total. The molecule has 0 saturated heterocycles. The Morgan fingerprint density at radius 3 is 2.71 bits per heavy atom. The summed E-state index contributed by atoms with van der Waals surface area (Å²) < 4.78 is 0. The van der Waals surface area contributed by atoms with Crippen LogP contribution in [0.1, 0.15) is 13.3 Å². The molecule has 0 aromatic rings. The van der Waals surface area contributed by atoms with E-state index in [-0.39, 0.29) is 12.6 Å². The molecule has 0 spiro atoms. The van der Waals surface area contributed by atoms with Crippen molar-refractivity contribution in [1.29, 1.82) is 0 Å². The normalized spacial score (nSPS) is 12.2. The van der Waals surface area contributed by atoms with Crippen LogP contribution in [0.25, 0.3) is 0 Å². The molecule has 0 aliphatic carbocycles. The number of likely N-dealkylation sites (N-methyl/N-ethyl adjacent to an activating group) is 1. The second-order valence-corrected chi connectivity index (χ2v) is 3.65. The van der Waals surface area contributed by atoms with Crippen molar-refractivity contribution in [2.24, 2.45) is 0 Å². The van der Waals surface area contributed by atoms with Gasteiger partial charge in [0.1, 0.15) is 0 Å². The second kappa shape index (κ2) is 10.0. The van der Waals surface area contributed by atoms with E-state index in [1.165, 1.54) is 0 Å². The van der Waals surface area contributed by atoms with Gasteiger partial charge in [0, 0.05) is 19.1 Å². The molecule has 0 aromatic carbocycles. The Hall–Kier alpha value is -1.17. The van der Waals surface area contributed by atoms with Gasteiger partial charge in [0.2, 0.25) is 0 Å². The van der Waals surface area contributed by atoms with Gasteiger partial charge in [-0.3, -0.25) is 9.79 Å². The maximum absolute atomic E-state index is 10.7. The van der Waals surface area contributed by atoms with Gasteiger partial charge in [-0.1, -0.05) is 19.1 Å². The van der Waals surface area contributed by atoms with Crippen molar-refractivity contribution >= 4 is 5.97 Å². The fourth-order valence-electron chi connectivity index (χ4n) is 1.63. The van der Waals surface area contributed by atoms with Gasteiger partial charge in [-0.2, -0.15) is 5.26 Å². The summed E-state index contributed by atoms with van der Waals surface area (Å²) in [6.07, 6.45) is 4.52. The van der Waals surface area contributed by atoms with Crippen LogP contribution >= 0.6 is 0 Å². The molecule has 0 rings (SSSR count). The summed E-state index contributed by atoms with van der Waals surface area (Å²) in [5.74, 6) is -0.686. The van der Waals surface area contributed by atoms with Gasteiger partial charge in [0.25, 0.3) is 0 Å². The van der Waals surface area contributed by atoms with Crippen LogP contribution in [0.4, 0.5) is 0 Å². The molecular weight excluding hydrogens is 220 g/mol. The monoisotopic (exact) mass is 242 g/mol. The van der Waals surface area contributed by atoms with E-state index in [2.05, 4.69) is 35.2 Å². The van der Waals surface area contributed by atoms with Gasteiger partial charge in [-0.05, 0) is 13.0 Å². The van der Waals surface area contributed by atoms with Gasteiger partial charge in [-0.25, -0.2) is 4.79 Å². The van der Waals surface area contributed by atoms with E-state index < -0.39 is 5.97 Å². The zero-order valence-corrected chi connectivity index (χ0v) is 10.4. The summed E-state index contributed by atoms with van der Waals surface area (Å²) in [6, 6.07) is 0.252. The lowest BCUT2D eigenvalue weighted by Crippen LogP contribution is -2.43. The highest BCUT2D eigenvalue weighted by Gasteiger charge is 2.14. The van der Waals surface area contributed by atoms with Crippen LogP contribution in [-0.2, 0) is 9.68 Å². The zero-order chi connectivity index (χ0) is 13.1. The first kappa shape index (κ1) is 15.8. The lowest BCUT2D eigenvalue weighted by Gasteiger charge is -2.29. The smallest absolute Gasteiger partial charge is 0.305 e. The van der Waals surface area contributed by atoms with Gasteiger partial charge in [0.15, 0.2) is 0 Å².